The number of aryl methyl sites for hydroxylation is 1. The lowest BCUT2D eigenvalue weighted by Gasteiger charge is -2.25. The molecule has 3 aromatic rings. The summed E-state index contributed by atoms with van der Waals surface area (Å²) in [7, 11) is -1.94. The van der Waals surface area contributed by atoms with Crippen molar-refractivity contribution in [1.82, 2.24) is 5.32 Å². The zero-order valence-electron chi connectivity index (χ0n) is 18.4. The molecule has 0 heterocycles. The van der Waals surface area contributed by atoms with Crippen LogP contribution in [0, 0.1) is 0 Å². The van der Waals surface area contributed by atoms with Crippen molar-refractivity contribution in [2.24, 2.45) is 0 Å². The van der Waals surface area contributed by atoms with Crippen molar-refractivity contribution < 1.29 is 13.2 Å². The Morgan fingerprint density at radius 3 is 2.03 bits per heavy atom. The van der Waals surface area contributed by atoms with E-state index in [1.807, 2.05) is 61.3 Å². The number of carbonyl (C=O) groups is 1. The summed E-state index contributed by atoms with van der Waals surface area (Å²) < 4.78 is 27.8. The van der Waals surface area contributed by atoms with Gasteiger partial charge < -0.3 is 10.2 Å². The molecule has 32 heavy (non-hydrogen) atoms. The minimum absolute atomic E-state index is 0.149. The van der Waals surface area contributed by atoms with Gasteiger partial charge in [0, 0.05) is 25.8 Å². The van der Waals surface area contributed by atoms with Crippen LogP contribution in [0.1, 0.15) is 12.5 Å². The Bertz CT molecular complexity index is 1100. The van der Waals surface area contributed by atoms with E-state index in [0.717, 1.165) is 22.0 Å². The molecular formula is C25H29N3O3S. The number of sulfonamides is 1. The van der Waals surface area contributed by atoms with E-state index in [-0.39, 0.29) is 17.3 Å². The average molecular weight is 452 g/mol. The third kappa shape index (κ3) is 5.88. The van der Waals surface area contributed by atoms with Crippen LogP contribution in [0.4, 0.5) is 11.4 Å². The Labute approximate surface area is 190 Å². The molecule has 0 aliphatic heterocycles. The lowest BCUT2D eigenvalue weighted by Crippen LogP contribution is -2.42. The van der Waals surface area contributed by atoms with Crippen molar-refractivity contribution in [3.05, 3.63) is 90.5 Å². The van der Waals surface area contributed by atoms with Crippen molar-refractivity contribution in [1.29, 1.82) is 0 Å². The number of benzene rings is 3. The molecule has 168 valence electrons. The van der Waals surface area contributed by atoms with Crippen molar-refractivity contribution in [3.8, 4) is 0 Å². The molecule has 0 aromatic heterocycles. The zero-order valence-corrected chi connectivity index (χ0v) is 19.3. The van der Waals surface area contributed by atoms with Crippen molar-refractivity contribution in [3.63, 3.8) is 0 Å². The molecule has 3 rings (SSSR count). The summed E-state index contributed by atoms with van der Waals surface area (Å²) in [6.07, 6.45) is 0.848. The number of para-hydroxylation sites is 1. The summed E-state index contributed by atoms with van der Waals surface area (Å²) in [6.45, 7) is 2.75. The summed E-state index contributed by atoms with van der Waals surface area (Å²) in [5, 5.41) is 2.84. The first-order valence-electron chi connectivity index (χ1n) is 10.6. The highest BCUT2D eigenvalue weighted by Gasteiger charge is 2.27. The van der Waals surface area contributed by atoms with Gasteiger partial charge in [-0.3, -0.25) is 9.10 Å². The third-order valence-corrected chi connectivity index (χ3v) is 7.01. The number of hydrogen-bond acceptors (Lipinski definition) is 4. The van der Waals surface area contributed by atoms with Crippen LogP contribution in [0.3, 0.4) is 0 Å². The number of nitrogens with zero attached hydrogens (tertiary/aromatic N) is 2. The molecule has 0 radical (unpaired) electrons. The Kier molecular flexibility index (Phi) is 7.89. The number of amides is 1. The molecule has 0 aliphatic carbocycles. The molecule has 7 heteroatoms. The van der Waals surface area contributed by atoms with Crippen LogP contribution in [0.2, 0.25) is 0 Å². The lowest BCUT2D eigenvalue weighted by atomic mass is 10.1. The number of likely N-dealkylation sites (N-methyl/N-ethyl adjacent to an activating group) is 1. The van der Waals surface area contributed by atoms with E-state index in [0.29, 0.717) is 18.8 Å². The second kappa shape index (κ2) is 10.8. The third-order valence-electron chi connectivity index (χ3n) is 5.22. The van der Waals surface area contributed by atoms with E-state index < -0.39 is 10.0 Å². The van der Waals surface area contributed by atoms with Crippen molar-refractivity contribution >= 4 is 27.3 Å². The molecule has 3 aromatic carbocycles. The fourth-order valence-electron chi connectivity index (χ4n) is 3.29. The van der Waals surface area contributed by atoms with Gasteiger partial charge in [-0.2, -0.15) is 0 Å². The van der Waals surface area contributed by atoms with Crippen LogP contribution in [-0.4, -0.2) is 41.0 Å². The van der Waals surface area contributed by atoms with Crippen LogP contribution in [0.25, 0.3) is 0 Å². The van der Waals surface area contributed by atoms with Gasteiger partial charge in [0.25, 0.3) is 10.0 Å². The highest BCUT2D eigenvalue weighted by atomic mass is 32.2. The van der Waals surface area contributed by atoms with Gasteiger partial charge in [-0.25, -0.2) is 8.42 Å². The number of nitrogens with one attached hydrogen (secondary N) is 1. The number of anilines is 2. The maximum absolute atomic E-state index is 13.3. The largest absolute Gasteiger partial charge is 0.373 e. The summed E-state index contributed by atoms with van der Waals surface area (Å²) >= 11 is 0. The molecule has 0 fully saturated rings. The Morgan fingerprint density at radius 2 is 1.44 bits per heavy atom. The van der Waals surface area contributed by atoms with E-state index in [4.69, 9.17) is 0 Å². The smallest absolute Gasteiger partial charge is 0.264 e. The maximum Gasteiger partial charge on any atom is 0.264 e. The second-order valence-electron chi connectivity index (χ2n) is 7.45. The van der Waals surface area contributed by atoms with Crippen molar-refractivity contribution in [2.45, 2.75) is 18.2 Å². The molecule has 0 saturated carbocycles. The lowest BCUT2D eigenvalue weighted by molar-refractivity contribution is -0.119. The van der Waals surface area contributed by atoms with E-state index >= 15 is 0 Å². The normalized spacial score (nSPS) is 11.1. The van der Waals surface area contributed by atoms with Gasteiger partial charge in [0.05, 0.1) is 10.6 Å². The first kappa shape index (κ1) is 23.3. The predicted octanol–water partition coefficient (Wildman–Crippen LogP) is 3.70. The van der Waals surface area contributed by atoms with Crippen LogP contribution >= 0.6 is 0 Å². The predicted molar refractivity (Wildman–Crippen MR) is 130 cm³/mol. The van der Waals surface area contributed by atoms with Crippen LogP contribution < -0.4 is 14.5 Å². The van der Waals surface area contributed by atoms with Crippen LogP contribution in [0.5, 0.6) is 0 Å². The molecule has 0 bridgehead atoms. The number of rotatable bonds is 10. The highest BCUT2D eigenvalue weighted by molar-refractivity contribution is 7.92. The van der Waals surface area contributed by atoms with Gasteiger partial charge in [0.2, 0.25) is 5.91 Å². The molecule has 0 atom stereocenters. The van der Waals surface area contributed by atoms with Gasteiger partial charge in [-0.1, -0.05) is 55.5 Å². The molecular weight excluding hydrogens is 422 g/mol. The van der Waals surface area contributed by atoms with Crippen LogP contribution in [-0.2, 0) is 21.2 Å². The van der Waals surface area contributed by atoms with Crippen molar-refractivity contribution in [2.75, 3.05) is 35.9 Å². The number of carbonyl (C=O) groups excluding carboxylic acids is 1. The molecule has 0 unspecified atom stereocenters. The summed E-state index contributed by atoms with van der Waals surface area (Å²) in [6, 6.07) is 25.3. The monoisotopic (exact) mass is 451 g/mol. The molecule has 0 spiro atoms. The zero-order chi connectivity index (χ0) is 23.0. The SMILES string of the molecule is CCc1ccc(N(CC(=O)NCCN(C)c2ccccc2)S(=O)(=O)c2ccccc2)cc1. The first-order chi connectivity index (χ1) is 15.4. The standard InChI is InChI=1S/C25H29N3O3S/c1-3-21-14-16-23(17-15-21)28(32(30,31)24-12-8-5-9-13-24)20-25(29)26-18-19-27(2)22-10-6-4-7-11-22/h4-17H,3,18-20H2,1-2H3,(H,26,29). The van der Waals surface area contributed by atoms with E-state index in [2.05, 4.69) is 5.32 Å². The minimum Gasteiger partial charge on any atom is -0.373 e. The van der Waals surface area contributed by atoms with Gasteiger partial charge in [0.1, 0.15) is 6.54 Å². The van der Waals surface area contributed by atoms with Gasteiger partial charge in [-0.05, 0) is 48.4 Å². The molecule has 1 amide bonds. The summed E-state index contributed by atoms with van der Waals surface area (Å²) in [5.74, 6) is -0.356. The van der Waals surface area contributed by atoms with E-state index in [9.17, 15) is 13.2 Å². The maximum atomic E-state index is 13.3. The highest BCUT2D eigenvalue weighted by Crippen LogP contribution is 2.24. The minimum atomic E-state index is -3.89. The van der Waals surface area contributed by atoms with E-state index in [1.165, 1.54) is 12.1 Å². The topological polar surface area (TPSA) is 69.7 Å². The van der Waals surface area contributed by atoms with Gasteiger partial charge in [-0.15, -0.1) is 0 Å². The Balaban J connectivity index is 1.72. The fourth-order valence-corrected chi connectivity index (χ4v) is 4.74. The van der Waals surface area contributed by atoms with Gasteiger partial charge >= 0.3 is 0 Å². The molecule has 0 aliphatic rings. The summed E-state index contributed by atoms with van der Waals surface area (Å²) in [5.41, 5.74) is 2.60. The first-order valence-corrected chi connectivity index (χ1v) is 12.1. The van der Waals surface area contributed by atoms with Gasteiger partial charge in [0.15, 0.2) is 0 Å². The van der Waals surface area contributed by atoms with Crippen LogP contribution in [0.15, 0.2) is 89.8 Å². The second-order valence-corrected chi connectivity index (χ2v) is 9.31. The molecule has 6 nitrogen and oxygen atoms in total. The Hall–Kier alpha value is -3.32. The average Bonchev–Trinajstić information content (AvgIpc) is 2.83. The fraction of sp³-hybridized carbons (Fsp3) is 0.240. The molecule has 0 saturated heterocycles. The quantitative estimate of drug-likeness (QED) is 0.510. The van der Waals surface area contributed by atoms with E-state index in [1.54, 1.807) is 30.3 Å². The molecule has 1 N–H and O–H groups in total. The number of hydrogen-bond donors (Lipinski definition) is 1. The Morgan fingerprint density at radius 1 is 0.844 bits per heavy atom. The summed E-state index contributed by atoms with van der Waals surface area (Å²) in [4.78, 5) is 14.9.